The second kappa shape index (κ2) is 8.97. The average molecular weight is 374 g/mol. The maximum absolute atomic E-state index is 5.63. The molecule has 0 amide bonds. The molecule has 3 rings (SSSR count). The monoisotopic (exact) mass is 373 g/mol. The van der Waals surface area contributed by atoms with Gasteiger partial charge in [0.25, 0.3) is 0 Å². The lowest BCUT2D eigenvalue weighted by atomic mass is 10.0. The largest absolute Gasteiger partial charge is 0.494 e. The number of nitrogens with zero attached hydrogens (tertiary/aromatic N) is 1. The van der Waals surface area contributed by atoms with Crippen LogP contribution in [-0.2, 0) is 13.1 Å². The highest BCUT2D eigenvalue weighted by atomic mass is 16.5. The van der Waals surface area contributed by atoms with Gasteiger partial charge in [-0.1, -0.05) is 47.5 Å². The van der Waals surface area contributed by atoms with E-state index in [0.29, 0.717) is 6.61 Å². The summed E-state index contributed by atoms with van der Waals surface area (Å²) in [5.41, 5.74) is 9.24. The molecule has 0 fully saturated rings. The van der Waals surface area contributed by atoms with E-state index >= 15 is 0 Å². The third-order valence-corrected chi connectivity index (χ3v) is 5.24. The summed E-state index contributed by atoms with van der Waals surface area (Å²) in [7, 11) is 0. The van der Waals surface area contributed by atoms with Crippen molar-refractivity contribution < 1.29 is 4.74 Å². The zero-order valence-electron chi connectivity index (χ0n) is 17.8. The second-order valence-corrected chi connectivity index (χ2v) is 7.64. The first kappa shape index (κ1) is 20.0. The van der Waals surface area contributed by atoms with E-state index in [0.717, 1.165) is 18.8 Å². The Hall–Kier alpha value is -2.74. The lowest BCUT2D eigenvalue weighted by Crippen LogP contribution is -2.23. The van der Waals surface area contributed by atoms with Crippen LogP contribution in [0.25, 0.3) is 0 Å². The van der Waals surface area contributed by atoms with Crippen LogP contribution in [0.1, 0.15) is 40.3 Å². The van der Waals surface area contributed by atoms with Crippen molar-refractivity contribution >= 4 is 5.69 Å². The van der Waals surface area contributed by atoms with Crippen LogP contribution in [0.4, 0.5) is 5.69 Å². The van der Waals surface area contributed by atoms with Gasteiger partial charge in [0.05, 0.1) is 6.61 Å². The number of hydrogen-bond donors (Lipinski definition) is 0. The molecule has 0 saturated carbocycles. The molecule has 2 heteroatoms. The predicted octanol–water partition coefficient (Wildman–Crippen LogP) is 6.53. The smallest absolute Gasteiger partial charge is 0.119 e. The molecule has 0 saturated heterocycles. The molecule has 0 atom stereocenters. The molecule has 0 aromatic heterocycles. The molecular weight excluding hydrogens is 342 g/mol. The van der Waals surface area contributed by atoms with Crippen LogP contribution in [-0.4, -0.2) is 6.61 Å². The molecule has 0 unspecified atom stereocenters. The van der Waals surface area contributed by atoms with Crippen molar-refractivity contribution in [2.45, 2.75) is 47.7 Å². The van der Waals surface area contributed by atoms with Gasteiger partial charge in [-0.05, 0) is 81.1 Å². The normalized spacial score (nSPS) is 10.8. The topological polar surface area (TPSA) is 12.5 Å². The van der Waals surface area contributed by atoms with Crippen molar-refractivity contribution in [2.24, 2.45) is 0 Å². The number of anilines is 1. The van der Waals surface area contributed by atoms with E-state index in [-0.39, 0.29) is 0 Å². The molecule has 146 valence electrons. The SMILES string of the molecule is CCOc1ccc(N(Cc2cc(C)ccc2C)Cc2cc(C)ccc2C)cc1. The molecule has 2 nitrogen and oxygen atoms in total. The van der Waals surface area contributed by atoms with E-state index in [1.165, 1.54) is 39.1 Å². The second-order valence-electron chi connectivity index (χ2n) is 7.64. The highest BCUT2D eigenvalue weighted by Gasteiger charge is 2.12. The van der Waals surface area contributed by atoms with Gasteiger partial charge < -0.3 is 9.64 Å². The first-order valence-corrected chi connectivity index (χ1v) is 10.1. The van der Waals surface area contributed by atoms with Crippen molar-refractivity contribution in [1.29, 1.82) is 0 Å². The van der Waals surface area contributed by atoms with Gasteiger partial charge in [0.1, 0.15) is 5.75 Å². The van der Waals surface area contributed by atoms with Gasteiger partial charge in [0, 0.05) is 18.8 Å². The summed E-state index contributed by atoms with van der Waals surface area (Å²) in [4.78, 5) is 2.46. The fourth-order valence-corrected chi connectivity index (χ4v) is 3.51. The van der Waals surface area contributed by atoms with Crippen LogP contribution in [0.5, 0.6) is 5.75 Å². The molecule has 0 radical (unpaired) electrons. The first-order chi connectivity index (χ1) is 13.5. The van der Waals surface area contributed by atoms with Crippen LogP contribution in [0.15, 0.2) is 60.7 Å². The van der Waals surface area contributed by atoms with Gasteiger partial charge >= 0.3 is 0 Å². The van der Waals surface area contributed by atoms with Crippen molar-refractivity contribution in [3.05, 3.63) is 94.0 Å². The minimum atomic E-state index is 0.689. The summed E-state index contributed by atoms with van der Waals surface area (Å²) in [5.74, 6) is 0.921. The van der Waals surface area contributed by atoms with Crippen LogP contribution >= 0.6 is 0 Å². The van der Waals surface area contributed by atoms with Gasteiger partial charge in [-0.25, -0.2) is 0 Å². The van der Waals surface area contributed by atoms with E-state index in [4.69, 9.17) is 4.74 Å². The minimum absolute atomic E-state index is 0.689. The quantitative estimate of drug-likeness (QED) is 0.467. The zero-order valence-corrected chi connectivity index (χ0v) is 17.8. The summed E-state index contributed by atoms with van der Waals surface area (Å²) < 4.78 is 5.63. The number of aryl methyl sites for hydroxylation is 4. The fourth-order valence-electron chi connectivity index (χ4n) is 3.51. The maximum atomic E-state index is 5.63. The first-order valence-electron chi connectivity index (χ1n) is 10.1. The Bertz CT molecular complexity index is 874. The third kappa shape index (κ3) is 4.95. The summed E-state index contributed by atoms with van der Waals surface area (Å²) in [6, 6.07) is 21.9. The molecular formula is C26H31NO. The third-order valence-electron chi connectivity index (χ3n) is 5.24. The number of rotatable bonds is 7. The molecule has 0 bridgehead atoms. The van der Waals surface area contributed by atoms with Crippen LogP contribution < -0.4 is 9.64 Å². The summed E-state index contributed by atoms with van der Waals surface area (Å²) >= 11 is 0. The van der Waals surface area contributed by atoms with E-state index in [1.807, 2.05) is 6.92 Å². The van der Waals surface area contributed by atoms with Crippen molar-refractivity contribution in [3.63, 3.8) is 0 Å². The standard InChI is InChI=1S/C26H31NO/c1-6-28-26-13-11-25(12-14-26)27(17-23-15-19(2)7-9-21(23)4)18-24-16-20(3)8-10-22(24)5/h7-16H,6,17-18H2,1-5H3. The number of benzene rings is 3. The van der Waals surface area contributed by atoms with Gasteiger partial charge in [0.2, 0.25) is 0 Å². The van der Waals surface area contributed by atoms with Gasteiger partial charge in [0.15, 0.2) is 0 Å². The van der Waals surface area contributed by atoms with Crippen LogP contribution in [0.2, 0.25) is 0 Å². The Balaban J connectivity index is 1.95. The molecule has 28 heavy (non-hydrogen) atoms. The number of ether oxygens (including phenoxy) is 1. The van der Waals surface area contributed by atoms with Crippen LogP contribution in [0.3, 0.4) is 0 Å². The van der Waals surface area contributed by atoms with Gasteiger partial charge in [-0.15, -0.1) is 0 Å². The highest BCUT2D eigenvalue weighted by molar-refractivity contribution is 5.51. The van der Waals surface area contributed by atoms with E-state index < -0.39 is 0 Å². The van der Waals surface area contributed by atoms with Gasteiger partial charge in [-0.3, -0.25) is 0 Å². The molecule has 0 aliphatic rings. The molecule has 3 aromatic rings. The van der Waals surface area contributed by atoms with E-state index in [2.05, 4.69) is 93.3 Å². The summed E-state index contributed by atoms with van der Waals surface area (Å²) in [5, 5.41) is 0. The highest BCUT2D eigenvalue weighted by Crippen LogP contribution is 2.26. The Kier molecular flexibility index (Phi) is 6.41. The maximum Gasteiger partial charge on any atom is 0.119 e. The fraction of sp³-hybridized carbons (Fsp3) is 0.308. The lowest BCUT2D eigenvalue weighted by Gasteiger charge is -2.27. The Morgan fingerprint density at radius 1 is 0.679 bits per heavy atom. The Morgan fingerprint density at radius 2 is 1.18 bits per heavy atom. The molecule has 0 N–H and O–H groups in total. The average Bonchev–Trinajstić information content (AvgIpc) is 2.68. The van der Waals surface area contributed by atoms with Crippen molar-refractivity contribution in [3.8, 4) is 5.75 Å². The Labute approximate surface area is 169 Å². The van der Waals surface area contributed by atoms with Crippen LogP contribution in [0, 0.1) is 27.7 Å². The predicted molar refractivity (Wildman–Crippen MR) is 119 cm³/mol. The summed E-state index contributed by atoms with van der Waals surface area (Å²) in [6.45, 7) is 13.2. The molecule has 0 heterocycles. The van der Waals surface area contributed by atoms with E-state index in [1.54, 1.807) is 0 Å². The van der Waals surface area contributed by atoms with Crippen molar-refractivity contribution in [2.75, 3.05) is 11.5 Å². The van der Waals surface area contributed by atoms with E-state index in [9.17, 15) is 0 Å². The summed E-state index contributed by atoms with van der Waals surface area (Å²) in [6.07, 6.45) is 0. The molecule has 0 spiro atoms. The molecule has 0 aliphatic carbocycles. The molecule has 3 aromatic carbocycles. The number of hydrogen-bond acceptors (Lipinski definition) is 2. The zero-order chi connectivity index (χ0) is 20.1. The van der Waals surface area contributed by atoms with Gasteiger partial charge in [-0.2, -0.15) is 0 Å². The lowest BCUT2D eigenvalue weighted by molar-refractivity contribution is 0.340. The van der Waals surface area contributed by atoms with Crippen molar-refractivity contribution in [1.82, 2.24) is 0 Å². The molecule has 0 aliphatic heterocycles. The Morgan fingerprint density at radius 3 is 1.64 bits per heavy atom. The minimum Gasteiger partial charge on any atom is -0.494 e.